The van der Waals surface area contributed by atoms with E-state index in [0.717, 1.165) is 0 Å². The Morgan fingerprint density at radius 1 is 0.562 bits per heavy atom. The van der Waals surface area contributed by atoms with Crippen molar-refractivity contribution in [3.8, 4) is 0 Å². The summed E-state index contributed by atoms with van der Waals surface area (Å²) in [4.78, 5) is 31.1. The molecule has 0 bridgehead atoms. The average molecular weight is 432 g/mol. The highest BCUT2D eigenvalue weighted by Gasteiger charge is 2.11. The lowest BCUT2D eigenvalue weighted by Crippen LogP contribution is -2.14. The summed E-state index contributed by atoms with van der Waals surface area (Å²) in [7, 11) is 0. The Hall–Kier alpha value is -4.46. The molecule has 160 valence electrons. The lowest BCUT2D eigenvalue weighted by atomic mass is 10.2. The van der Waals surface area contributed by atoms with Gasteiger partial charge in [-0.2, -0.15) is 0 Å². The van der Waals surface area contributed by atoms with Crippen LogP contribution in [0.15, 0.2) is 97.3 Å². The SMILES string of the molecule is O=C(Nc1ccccn1)c1ccccc1F.O=C(Nc1ccccn1)c1ccccc1F. The van der Waals surface area contributed by atoms with Gasteiger partial charge in [-0.15, -0.1) is 0 Å². The highest BCUT2D eigenvalue weighted by Crippen LogP contribution is 2.10. The number of pyridine rings is 2. The maximum absolute atomic E-state index is 13.3. The molecule has 4 rings (SSSR count). The molecule has 2 amide bonds. The van der Waals surface area contributed by atoms with Crippen LogP contribution in [-0.4, -0.2) is 21.8 Å². The third kappa shape index (κ3) is 6.27. The molecule has 0 aliphatic heterocycles. The van der Waals surface area contributed by atoms with E-state index < -0.39 is 23.4 Å². The summed E-state index contributed by atoms with van der Waals surface area (Å²) in [6.45, 7) is 0. The van der Waals surface area contributed by atoms with E-state index >= 15 is 0 Å². The maximum Gasteiger partial charge on any atom is 0.259 e. The molecular weight excluding hydrogens is 414 g/mol. The molecule has 0 fully saturated rings. The Balaban J connectivity index is 0.000000181. The second-order valence-electron chi connectivity index (χ2n) is 6.30. The highest BCUT2D eigenvalue weighted by molar-refractivity contribution is 6.04. The summed E-state index contributed by atoms with van der Waals surface area (Å²) in [6.07, 6.45) is 3.11. The van der Waals surface area contributed by atoms with Crippen LogP contribution < -0.4 is 10.6 Å². The first kappa shape index (κ1) is 22.2. The molecule has 2 N–H and O–H groups in total. The topological polar surface area (TPSA) is 84.0 Å². The van der Waals surface area contributed by atoms with Crippen molar-refractivity contribution in [1.82, 2.24) is 9.97 Å². The van der Waals surface area contributed by atoms with E-state index in [9.17, 15) is 18.4 Å². The first-order valence-electron chi connectivity index (χ1n) is 9.48. The van der Waals surface area contributed by atoms with E-state index in [1.165, 1.54) is 36.4 Å². The first-order chi connectivity index (χ1) is 15.5. The molecule has 0 radical (unpaired) electrons. The van der Waals surface area contributed by atoms with Crippen LogP contribution in [0.2, 0.25) is 0 Å². The van der Waals surface area contributed by atoms with Gasteiger partial charge in [-0.3, -0.25) is 9.59 Å². The molecule has 0 saturated heterocycles. The Bertz CT molecular complexity index is 1090. The lowest BCUT2D eigenvalue weighted by molar-refractivity contribution is 0.101. The van der Waals surface area contributed by atoms with Crippen molar-refractivity contribution in [1.29, 1.82) is 0 Å². The monoisotopic (exact) mass is 432 g/mol. The number of hydrogen-bond donors (Lipinski definition) is 2. The molecular formula is C24H18F2N4O2. The van der Waals surface area contributed by atoms with E-state index in [2.05, 4.69) is 20.6 Å². The molecule has 2 aromatic heterocycles. The number of carbonyl (C=O) groups is 2. The van der Waals surface area contributed by atoms with E-state index in [-0.39, 0.29) is 11.1 Å². The van der Waals surface area contributed by atoms with Crippen molar-refractivity contribution in [2.24, 2.45) is 0 Å². The van der Waals surface area contributed by atoms with Crippen molar-refractivity contribution >= 4 is 23.5 Å². The predicted octanol–water partition coefficient (Wildman–Crippen LogP) is 4.95. The Kier molecular flexibility index (Phi) is 7.69. The van der Waals surface area contributed by atoms with Crippen LogP contribution in [0.4, 0.5) is 20.4 Å². The minimum Gasteiger partial charge on any atom is -0.306 e. The van der Waals surface area contributed by atoms with Gasteiger partial charge in [-0.25, -0.2) is 18.7 Å². The minimum absolute atomic E-state index is 0.00755. The van der Waals surface area contributed by atoms with Crippen molar-refractivity contribution in [2.75, 3.05) is 10.6 Å². The zero-order chi connectivity index (χ0) is 22.8. The number of aromatic nitrogens is 2. The van der Waals surface area contributed by atoms with Gasteiger partial charge in [-0.05, 0) is 48.5 Å². The average Bonchev–Trinajstić information content (AvgIpc) is 2.81. The molecule has 4 aromatic rings. The fraction of sp³-hybridized carbons (Fsp3) is 0. The normalized spacial score (nSPS) is 9.81. The lowest BCUT2D eigenvalue weighted by Gasteiger charge is -2.04. The van der Waals surface area contributed by atoms with Gasteiger partial charge in [0, 0.05) is 12.4 Å². The molecule has 0 spiro atoms. The number of hydrogen-bond acceptors (Lipinski definition) is 4. The summed E-state index contributed by atoms with van der Waals surface area (Å²) in [5.74, 6) is -1.30. The second-order valence-corrected chi connectivity index (χ2v) is 6.30. The molecule has 0 unspecified atom stereocenters. The zero-order valence-electron chi connectivity index (χ0n) is 16.7. The van der Waals surface area contributed by atoms with Crippen LogP contribution in [-0.2, 0) is 0 Å². The van der Waals surface area contributed by atoms with Crippen molar-refractivity contribution in [3.05, 3.63) is 120 Å². The number of nitrogens with zero attached hydrogens (tertiary/aromatic N) is 2. The zero-order valence-corrected chi connectivity index (χ0v) is 16.7. The Morgan fingerprint density at radius 3 is 1.28 bits per heavy atom. The molecule has 2 heterocycles. The van der Waals surface area contributed by atoms with Crippen molar-refractivity contribution in [2.45, 2.75) is 0 Å². The van der Waals surface area contributed by atoms with E-state index in [1.807, 2.05) is 0 Å². The van der Waals surface area contributed by atoms with Crippen LogP contribution >= 0.6 is 0 Å². The molecule has 2 aromatic carbocycles. The maximum atomic E-state index is 13.3. The van der Waals surface area contributed by atoms with Gasteiger partial charge in [0.1, 0.15) is 23.3 Å². The van der Waals surface area contributed by atoms with E-state index in [1.54, 1.807) is 60.9 Å². The number of benzene rings is 2. The summed E-state index contributed by atoms with van der Waals surface area (Å²) in [5, 5.41) is 5.02. The third-order valence-corrected chi connectivity index (χ3v) is 4.05. The van der Waals surface area contributed by atoms with Gasteiger partial charge in [0.15, 0.2) is 0 Å². The Morgan fingerprint density at radius 2 is 0.938 bits per heavy atom. The van der Waals surface area contributed by atoms with E-state index in [4.69, 9.17) is 0 Å². The van der Waals surface area contributed by atoms with Crippen molar-refractivity contribution in [3.63, 3.8) is 0 Å². The quantitative estimate of drug-likeness (QED) is 0.478. The van der Waals surface area contributed by atoms with Crippen LogP contribution in [0.25, 0.3) is 0 Å². The minimum atomic E-state index is -0.545. The molecule has 0 aliphatic rings. The highest BCUT2D eigenvalue weighted by atomic mass is 19.1. The van der Waals surface area contributed by atoms with Gasteiger partial charge < -0.3 is 10.6 Å². The molecule has 0 saturated carbocycles. The van der Waals surface area contributed by atoms with Gasteiger partial charge in [-0.1, -0.05) is 36.4 Å². The van der Waals surface area contributed by atoms with E-state index in [0.29, 0.717) is 11.6 Å². The van der Waals surface area contributed by atoms with Crippen LogP contribution in [0, 0.1) is 11.6 Å². The number of halogens is 2. The largest absolute Gasteiger partial charge is 0.306 e. The van der Waals surface area contributed by atoms with Crippen molar-refractivity contribution < 1.29 is 18.4 Å². The fourth-order valence-corrected chi connectivity index (χ4v) is 2.53. The van der Waals surface area contributed by atoms with Crippen LogP contribution in [0.1, 0.15) is 20.7 Å². The molecule has 0 aliphatic carbocycles. The summed E-state index contributed by atoms with van der Waals surface area (Å²) >= 11 is 0. The van der Waals surface area contributed by atoms with Gasteiger partial charge >= 0.3 is 0 Å². The summed E-state index contributed by atoms with van der Waals surface area (Å²) in [6, 6.07) is 21.8. The molecule has 0 atom stereocenters. The predicted molar refractivity (Wildman–Crippen MR) is 117 cm³/mol. The molecule has 8 heteroatoms. The molecule has 32 heavy (non-hydrogen) atoms. The fourth-order valence-electron chi connectivity index (χ4n) is 2.53. The van der Waals surface area contributed by atoms with Crippen LogP contribution in [0.5, 0.6) is 0 Å². The molecule has 6 nitrogen and oxygen atoms in total. The number of rotatable bonds is 4. The summed E-state index contributed by atoms with van der Waals surface area (Å²) < 4.78 is 26.5. The number of amides is 2. The number of nitrogens with one attached hydrogen (secondary N) is 2. The third-order valence-electron chi connectivity index (χ3n) is 4.05. The first-order valence-corrected chi connectivity index (χ1v) is 9.48. The standard InChI is InChI=1S/2C12H9FN2O/c2*13-10-6-2-1-5-9(10)12(16)15-11-7-3-4-8-14-11/h2*1-8H,(H,14,15,16). The smallest absolute Gasteiger partial charge is 0.259 e. The van der Waals surface area contributed by atoms with Gasteiger partial charge in [0.05, 0.1) is 11.1 Å². The second kappa shape index (κ2) is 11.1. The summed E-state index contributed by atoms with van der Waals surface area (Å²) in [5.41, 5.74) is 0.0151. The van der Waals surface area contributed by atoms with Gasteiger partial charge in [0.2, 0.25) is 0 Å². The number of carbonyl (C=O) groups excluding carboxylic acids is 2. The van der Waals surface area contributed by atoms with Crippen LogP contribution in [0.3, 0.4) is 0 Å². The van der Waals surface area contributed by atoms with Gasteiger partial charge in [0.25, 0.3) is 11.8 Å². The Labute approximate surface area is 183 Å². The number of anilines is 2.